The van der Waals surface area contributed by atoms with Crippen LogP contribution in [0.4, 0.5) is 4.79 Å². The number of carbonyl (C=O) groups is 2. The van der Waals surface area contributed by atoms with E-state index in [1.54, 1.807) is 24.3 Å². The summed E-state index contributed by atoms with van der Waals surface area (Å²) in [5, 5.41) is 10.5. The van der Waals surface area contributed by atoms with Gasteiger partial charge in [0, 0.05) is 13.1 Å². The Morgan fingerprint density at radius 2 is 2.10 bits per heavy atom. The van der Waals surface area contributed by atoms with Gasteiger partial charge in [-0.05, 0) is 12.1 Å². The molecule has 1 aromatic carbocycles. The zero-order chi connectivity index (χ0) is 14.1. The van der Waals surface area contributed by atoms with Crippen molar-refractivity contribution in [3.05, 3.63) is 34.6 Å². The van der Waals surface area contributed by atoms with Crippen LogP contribution in [0.2, 0.25) is 0 Å². The van der Waals surface area contributed by atoms with Crippen LogP contribution in [0.5, 0.6) is 0 Å². The number of hydrogen-bond donors (Lipinski definition) is 1. The minimum absolute atomic E-state index is 0.299. The first kappa shape index (κ1) is 12.3. The Morgan fingerprint density at radius 3 is 2.85 bits per heavy atom. The van der Waals surface area contributed by atoms with E-state index in [1.807, 2.05) is 0 Å². The van der Waals surface area contributed by atoms with Gasteiger partial charge in [-0.25, -0.2) is 9.48 Å². The van der Waals surface area contributed by atoms with Gasteiger partial charge in [0.1, 0.15) is 12.1 Å². The Balaban J connectivity index is 1.91. The van der Waals surface area contributed by atoms with Gasteiger partial charge >= 0.3 is 6.03 Å². The molecule has 3 amide bonds. The molecule has 102 valence electrons. The number of amides is 3. The van der Waals surface area contributed by atoms with E-state index in [1.165, 1.54) is 0 Å². The largest absolute Gasteiger partial charge is 0.336 e. The molecule has 2 aromatic rings. The third kappa shape index (κ3) is 2.00. The van der Waals surface area contributed by atoms with Crippen molar-refractivity contribution in [1.82, 2.24) is 25.2 Å². The number of fused-ring (bicyclic) bond motifs is 1. The summed E-state index contributed by atoms with van der Waals surface area (Å²) in [6.45, 7) is 0.417. The number of hydrogen-bond acceptors (Lipinski definition) is 5. The molecule has 0 unspecified atom stereocenters. The van der Waals surface area contributed by atoms with Crippen LogP contribution in [-0.2, 0) is 11.3 Å². The summed E-state index contributed by atoms with van der Waals surface area (Å²) < 4.78 is 0.969. The lowest BCUT2D eigenvalue weighted by molar-refractivity contribution is -0.128. The van der Waals surface area contributed by atoms with Crippen molar-refractivity contribution < 1.29 is 9.59 Å². The lowest BCUT2D eigenvalue weighted by atomic mass is 10.2. The van der Waals surface area contributed by atoms with E-state index in [9.17, 15) is 14.4 Å². The maximum absolute atomic E-state index is 12.1. The Morgan fingerprint density at radius 1 is 1.30 bits per heavy atom. The topological polar surface area (TPSA) is 97.2 Å². The summed E-state index contributed by atoms with van der Waals surface area (Å²) in [7, 11) is 0. The lowest BCUT2D eigenvalue weighted by Crippen LogP contribution is -2.39. The quantitative estimate of drug-likeness (QED) is 0.783. The summed E-state index contributed by atoms with van der Waals surface area (Å²) >= 11 is 0. The molecule has 0 saturated carbocycles. The Hall–Kier alpha value is -2.77. The van der Waals surface area contributed by atoms with Gasteiger partial charge in [0.25, 0.3) is 11.5 Å². The number of nitrogens with zero attached hydrogens (tertiary/aromatic N) is 4. The SMILES string of the molecule is O=C(Cn1nnc2ccccc2c1=O)N1CCNC1=O. The average molecular weight is 273 g/mol. The van der Waals surface area contributed by atoms with Crippen LogP contribution in [0, 0.1) is 0 Å². The van der Waals surface area contributed by atoms with Gasteiger partial charge in [0.15, 0.2) is 0 Å². The molecule has 1 aliphatic heterocycles. The van der Waals surface area contributed by atoms with Crippen LogP contribution in [-0.4, -0.2) is 44.9 Å². The molecule has 0 aliphatic carbocycles. The number of urea groups is 1. The van der Waals surface area contributed by atoms with Crippen LogP contribution in [0.1, 0.15) is 0 Å². The summed E-state index contributed by atoms with van der Waals surface area (Å²) in [4.78, 5) is 36.5. The molecule has 3 rings (SSSR count). The van der Waals surface area contributed by atoms with Gasteiger partial charge in [-0.1, -0.05) is 17.3 Å². The molecular weight excluding hydrogens is 262 g/mol. The molecule has 8 heteroatoms. The van der Waals surface area contributed by atoms with E-state index in [0.717, 1.165) is 9.58 Å². The van der Waals surface area contributed by atoms with Crippen molar-refractivity contribution in [2.75, 3.05) is 13.1 Å². The normalized spacial score (nSPS) is 14.6. The molecule has 0 atom stereocenters. The van der Waals surface area contributed by atoms with Crippen molar-refractivity contribution in [3.8, 4) is 0 Å². The smallest absolute Gasteiger partial charge is 0.324 e. The zero-order valence-corrected chi connectivity index (χ0v) is 10.4. The average Bonchev–Trinajstić information content (AvgIpc) is 2.88. The van der Waals surface area contributed by atoms with Crippen molar-refractivity contribution >= 4 is 22.8 Å². The van der Waals surface area contributed by atoms with Crippen LogP contribution in [0.15, 0.2) is 29.1 Å². The molecule has 1 aromatic heterocycles. The van der Waals surface area contributed by atoms with Gasteiger partial charge < -0.3 is 5.32 Å². The predicted octanol–water partition coefficient (Wildman–Crippen LogP) is -0.657. The van der Waals surface area contributed by atoms with Crippen LogP contribution in [0.25, 0.3) is 10.9 Å². The molecule has 0 radical (unpaired) electrons. The molecule has 1 fully saturated rings. The summed E-state index contributed by atoms with van der Waals surface area (Å²) in [6, 6.07) is 6.31. The highest BCUT2D eigenvalue weighted by Crippen LogP contribution is 2.04. The molecule has 0 bridgehead atoms. The summed E-state index contributed by atoms with van der Waals surface area (Å²) in [5.41, 5.74) is 0.0728. The fourth-order valence-electron chi connectivity index (χ4n) is 2.05. The number of aromatic nitrogens is 3. The van der Waals surface area contributed by atoms with Crippen molar-refractivity contribution in [1.29, 1.82) is 0 Å². The minimum atomic E-state index is -0.480. The molecule has 1 N–H and O–H groups in total. The Kier molecular flexibility index (Phi) is 2.90. The van der Waals surface area contributed by atoms with Crippen LogP contribution in [0.3, 0.4) is 0 Å². The van der Waals surface area contributed by atoms with E-state index in [4.69, 9.17) is 0 Å². The lowest BCUT2D eigenvalue weighted by Gasteiger charge is -2.12. The number of nitrogens with one attached hydrogen (secondary N) is 1. The highest BCUT2D eigenvalue weighted by atomic mass is 16.2. The van der Waals surface area contributed by atoms with E-state index < -0.39 is 17.5 Å². The van der Waals surface area contributed by atoms with E-state index >= 15 is 0 Å². The second-order valence-electron chi connectivity index (χ2n) is 4.35. The summed E-state index contributed by atoms with van der Waals surface area (Å²) in [6.07, 6.45) is 0. The zero-order valence-electron chi connectivity index (χ0n) is 10.4. The first-order chi connectivity index (χ1) is 9.66. The molecule has 1 aliphatic rings. The number of benzene rings is 1. The van der Waals surface area contributed by atoms with E-state index in [-0.39, 0.29) is 6.54 Å². The molecular formula is C12H11N5O3. The monoisotopic (exact) mass is 273 g/mol. The van der Waals surface area contributed by atoms with E-state index in [2.05, 4.69) is 15.6 Å². The second-order valence-corrected chi connectivity index (χ2v) is 4.35. The highest BCUT2D eigenvalue weighted by molar-refractivity contribution is 5.95. The fraction of sp³-hybridized carbons (Fsp3) is 0.250. The maximum atomic E-state index is 12.1. The van der Waals surface area contributed by atoms with Gasteiger partial charge in [-0.3, -0.25) is 14.5 Å². The second kappa shape index (κ2) is 4.72. The molecule has 2 heterocycles. The van der Waals surface area contributed by atoms with E-state index in [0.29, 0.717) is 24.0 Å². The van der Waals surface area contributed by atoms with Gasteiger partial charge in [0.2, 0.25) is 0 Å². The van der Waals surface area contributed by atoms with Gasteiger partial charge in [0.05, 0.1) is 5.39 Å². The third-order valence-corrected chi connectivity index (χ3v) is 3.07. The van der Waals surface area contributed by atoms with Crippen molar-refractivity contribution in [2.45, 2.75) is 6.54 Å². The molecule has 1 saturated heterocycles. The standard InChI is InChI=1S/C12H11N5O3/c18-10(16-6-5-13-12(16)20)7-17-11(19)8-3-1-2-4-9(8)14-15-17/h1-4H,5-7H2,(H,13,20). The molecule has 20 heavy (non-hydrogen) atoms. The van der Waals surface area contributed by atoms with Crippen LogP contribution < -0.4 is 10.9 Å². The third-order valence-electron chi connectivity index (χ3n) is 3.07. The van der Waals surface area contributed by atoms with Crippen molar-refractivity contribution in [3.63, 3.8) is 0 Å². The first-order valence-corrected chi connectivity index (χ1v) is 6.07. The van der Waals surface area contributed by atoms with Gasteiger partial charge in [-0.2, -0.15) is 0 Å². The van der Waals surface area contributed by atoms with Gasteiger partial charge in [-0.15, -0.1) is 5.10 Å². The summed E-state index contributed by atoms with van der Waals surface area (Å²) in [5.74, 6) is -0.480. The Labute approximate surface area is 113 Å². The first-order valence-electron chi connectivity index (χ1n) is 6.07. The maximum Gasteiger partial charge on any atom is 0.324 e. The molecule has 8 nitrogen and oxygen atoms in total. The number of imide groups is 1. The molecule has 0 spiro atoms. The van der Waals surface area contributed by atoms with Crippen molar-refractivity contribution in [2.24, 2.45) is 0 Å². The van der Waals surface area contributed by atoms with Crippen LogP contribution >= 0.6 is 0 Å². The number of rotatable bonds is 2. The number of carbonyl (C=O) groups excluding carboxylic acids is 2. The fourth-order valence-corrected chi connectivity index (χ4v) is 2.05. The highest BCUT2D eigenvalue weighted by Gasteiger charge is 2.26. The predicted molar refractivity (Wildman–Crippen MR) is 68.9 cm³/mol. The Bertz CT molecular complexity index is 754. The minimum Gasteiger partial charge on any atom is -0.336 e.